The van der Waals surface area contributed by atoms with Crippen molar-refractivity contribution in [2.75, 3.05) is 13.7 Å². The quantitative estimate of drug-likeness (QED) is 0.753. The Morgan fingerprint density at radius 2 is 1.95 bits per heavy atom. The van der Waals surface area contributed by atoms with Crippen LogP contribution in [0.3, 0.4) is 0 Å². The fraction of sp³-hybridized carbons (Fsp3) is 0.167. The highest BCUT2D eigenvalue weighted by atomic mass is 16.5. The molecule has 0 radical (unpaired) electrons. The van der Waals surface area contributed by atoms with Crippen LogP contribution in [0.2, 0.25) is 0 Å². The van der Waals surface area contributed by atoms with Crippen LogP contribution in [-0.2, 0) is 11.2 Å². The second-order valence-electron chi connectivity index (χ2n) is 5.12. The fourth-order valence-electron chi connectivity index (χ4n) is 2.70. The van der Waals surface area contributed by atoms with E-state index in [1.165, 1.54) is 7.11 Å². The summed E-state index contributed by atoms with van der Waals surface area (Å²) in [6.07, 6.45) is 2.86. The van der Waals surface area contributed by atoms with Crippen LogP contribution in [0.1, 0.15) is 15.9 Å². The number of methoxy groups -OCH3 is 1. The van der Waals surface area contributed by atoms with E-state index in [-0.39, 0.29) is 5.97 Å². The molecule has 112 valence electrons. The number of carbonyl (C=O) groups excluding carboxylic acids is 1. The predicted octanol–water partition coefficient (Wildman–Crippen LogP) is 2.92. The first kappa shape index (κ1) is 14.4. The standard InChI is InChI=1S/C18H18N2O2/c1-22-18(21)13-7-8-17-16(11-13)14(9-10-19)12-20(17)15-5-3-2-4-6-15/h2-8,11-12H,9-10,19H2,1H3. The van der Waals surface area contributed by atoms with Crippen molar-refractivity contribution in [3.63, 3.8) is 0 Å². The van der Waals surface area contributed by atoms with E-state index in [0.717, 1.165) is 28.6 Å². The van der Waals surface area contributed by atoms with Crippen molar-refractivity contribution >= 4 is 16.9 Å². The summed E-state index contributed by atoms with van der Waals surface area (Å²) in [7, 11) is 1.39. The van der Waals surface area contributed by atoms with Gasteiger partial charge >= 0.3 is 5.97 Å². The first-order valence-electron chi connectivity index (χ1n) is 7.22. The van der Waals surface area contributed by atoms with Gasteiger partial charge < -0.3 is 15.0 Å². The zero-order valence-electron chi connectivity index (χ0n) is 12.5. The smallest absolute Gasteiger partial charge is 0.337 e. The Labute approximate surface area is 129 Å². The number of carbonyl (C=O) groups is 1. The molecule has 0 aliphatic heterocycles. The van der Waals surface area contributed by atoms with Crippen molar-refractivity contribution in [1.29, 1.82) is 0 Å². The molecule has 2 N–H and O–H groups in total. The van der Waals surface area contributed by atoms with Gasteiger partial charge in [-0.25, -0.2) is 4.79 Å². The topological polar surface area (TPSA) is 57.2 Å². The number of nitrogens with zero attached hydrogens (tertiary/aromatic N) is 1. The lowest BCUT2D eigenvalue weighted by atomic mass is 10.1. The van der Waals surface area contributed by atoms with E-state index in [4.69, 9.17) is 10.5 Å². The second-order valence-corrected chi connectivity index (χ2v) is 5.12. The van der Waals surface area contributed by atoms with Crippen LogP contribution in [0.25, 0.3) is 16.6 Å². The summed E-state index contributed by atoms with van der Waals surface area (Å²) < 4.78 is 6.93. The van der Waals surface area contributed by atoms with Gasteiger partial charge in [-0.3, -0.25) is 0 Å². The number of nitrogens with two attached hydrogens (primary N) is 1. The first-order chi connectivity index (χ1) is 10.7. The number of benzene rings is 2. The molecule has 0 spiro atoms. The van der Waals surface area contributed by atoms with Crippen molar-refractivity contribution in [1.82, 2.24) is 4.57 Å². The fourth-order valence-corrected chi connectivity index (χ4v) is 2.70. The molecule has 0 saturated heterocycles. The highest BCUT2D eigenvalue weighted by molar-refractivity contribution is 5.96. The van der Waals surface area contributed by atoms with Gasteiger partial charge in [0, 0.05) is 17.3 Å². The molecular formula is C18H18N2O2. The Bertz CT molecular complexity index is 807. The minimum absolute atomic E-state index is 0.326. The molecule has 0 fully saturated rings. The van der Waals surface area contributed by atoms with E-state index in [1.54, 1.807) is 6.07 Å². The lowest BCUT2D eigenvalue weighted by Crippen LogP contribution is -2.03. The summed E-state index contributed by atoms with van der Waals surface area (Å²) in [6.45, 7) is 0.566. The third-order valence-electron chi connectivity index (χ3n) is 3.76. The van der Waals surface area contributed by atoms with Gasteiger partial charge in [0.2, 0.25) is 0 Å². The summed E-state index contributed by atoms with van der Waals surface area (Å²) in [5.74, 6) is -0.326. The Balaban J connectivity index is 2.21. The molecule has 0 aliphatic rings. The highest BCUT2D eigenvalue weighted by Crippen LogP contribution is 2.26. The van der Waals surface area contributed by atoms with E-state index < -0.39 is 0 Å². The molecular weight excluding hydrogens is 276 g/mol. The molecule has 22 heavy (non-hydrogen) atoms. The lowest BCUT2D eigenvalue weighted by Gasteiger charge is -2.05. The van der Waals surface area contributed by atoms with Crippen LogP contribution < -0.4 is 5.73 Å². The van der Waals surface area contributed by atoms with Gasteiger partial charge in [-0.05, 0) is 48.9 Å². The number of hydrogen-bond acceptors (Lipinski definition) is 3. The Morgan fingerprint density at radius 1 is 1.18 bits per heavy atom. The molecule has 0 unspecified atom stereocenters. The molecule has 4 heteroatoms. The molecule has 1 aromatic heterocycles. The SMILES string of the molecule is COC(=O)c1ccc2c(c1)c(CCN)cn2-c1ccccc1. The average Bonchev–Trinajstić information content (AvgIpc) is 2.93. The van der Waals surface area contributed by atoms with Gasteiger partial charge in [0.15, 0.2) is 0 Å². The molecule has 0 amide bonds. The largest absolute Gasteiger partial charge is 0.465 e. The summed E-state index contributed by atoms with van der Waals surface area (Å²) in [5.41, 5.74) is 9.55. The number of ether oxygens (including phenoxy) is 1. The van der Waals surface area contributed by atoms with Gasteiger partial charge in [-0.2, -0.15) is 0 Å². The number of esters is 1. The summed E-state index contributed by atoms with van der Waals surface area (Å²) in [5, 5.41) is 1.04. The Hall–Kier alpha value is -2.59. The molecule has 2 aromatic carbocycles. The van der Waals surface area contributed by atoms with E-state index in [9.17, 15) is 4.79 Å². The molecule has 0 bridgehead atoms. The third kappa shape index (κ3) is 2.49. The normalized spacial score (nSPS) is 10.8. The third-order valence-corrected chi connectivity index (χ3v) is 3.76. The van der Waals surface area contributed by atoms with Gasteiger partial charge in [0.05, 0.1) is 18.2 Å². The van der Waals surface area contributed by atoms with Crippen LogP contribution in [-0.4, -0.2) is 24.2 Å². The second kappa shape index (κ2) is 6.03. The lowest BCUT2D eigenvalue weighted by molar-refractivity contribution is 0.0601. The van der Waals surface area contributed by atoms with Crippen LogP contribution >= 0.6 is 0 Å². The molecule has 4 nitrogen and oxygen atoms in total. The average molecular weight is 294 g/mol. The molecule has 1 heterocycles. The van der Waals surface area contributed by atoms with E-state index in [0.29, 0.717) is 12.1 Å². The van der Waals surface area contributed by atoms with Gasteiger partial charge in [0.1, 0.15) is 0 Å². The highest BCUT2D eigenvalue weighted by Gasteiger charge is 2.13. The molecule has 0 aliphatic carbocycles. The van der Waals surface area contributed by atoms with Crippen LogP contribution in [0.5, 0.6) is 0 Å². The molecule has 3 rings (SSSR count). The summed E-state index contributed by atoms with van der Waals surface area (Å²) >= 11 is 0. The van der Waals surface area contributed by atoms with Crippen LogP contribution in [0, 0.1) is 0 Å². The van der Waals surface area contributed by atoms with E-state index in [2.05, 4.69) is 22.9 Å². The first-order valence-corrected chi connectivity index (χ1v) is 7.22. The van der Waals surface area contributed by atoms with Crippen molar-refractivity contribution in [3.8, 4) is 5.69 Å². The number of hydrogen-bond donors (Lipinski definition) is 1. The Kier molecular flexibility index (Phi) is 3.94. The minimum atomic E-state index is -0.326. The monoisotopic (exact) mass is 294 g/mol. The summed E-state index contributed by atoms with van der Waals surface area (Å²) in [6, 6.07) is 15.7. The summed E-state index contributed by atoms with van der Waals surface area (Å²) in [4.78, 5) is 11.7. The van der Waals surface area contributed by atoms with Crippen molar-refractivity contribution in [2.45, 2.75) is 6.42 Å². The maximum Gasteiger partial charge on any atom is 0.337 e. The van der Waals surface area contributed by atoms with Gasteiger partial charge in [-0.1, -0.05) is 18.2 Å². The van der Waals surface area contributed by atoms with Gasteiger partial charge in [-0.15, -0.1) is 0 Å². The van der Waals surface area contributed by atoms with Crippen molar-refractivity contribution in [3.05, 3.63) is 65.9 Å². The molecule has 0 saturated carbocycles. The maximum atomic E-state index is 11.7. The van der Waals surface area contributed by atoms with E-state index >= 15 is 0 Å². The van der Waals surface area contributed by atoms with Gasteiger partial charge in [0.25, 0.3) is 0 Å². The molecule has 3 aromatic rings. The zero-order valence-corrected chi connectivity index (χ0v) is 12.5. The minimum Gasteiger partial charge on any atom is -0.465 e. The predicted molar refractivity (Wildman–Crippen MR) is 87.4 cm³/mol. The van der Waals surface area contributed by atoms with Crippen LogP contribution in [0.15, 0.2) is 54.7 Å². The zero-order chi connectivity index (χ0) is 15.5. The van der Waals surface area contributed by atoms with Crippen LogP contribution in [0.4, 0.5) is 0 Å². The number of rotatable bonds is 4. The van der Waals surface area contributed by atoms with Crippen molar-refractivity contribution in [2.24, 2.45) is 5.73 Å². The molecule has 0 atom stereocenters. The Morgan fingerprint density at radius 3 is 2.64 bits per heavy atom. The van der Waals surface area contributed by atoms with Crippen molar-refractivity contribution < 1.29 is 9.53 Å². The number of fused-ring (bicyclic) bond motifs is 1. The number of para-hydroxylation sites is 1. The maximum absolute atomic E-state index is 11.7. The number of aromatic nitrogens is 1. The van der Waals surface area contributed by atoms with E-state index in [1.807, 2.05) is 30.3 Å².